The molecule has 1 heterocycles. The molecule has 0 aliphatic rings. The van der Waals surface area contributed by atoms with Gasteiger partial charge in [0, 0.05) is 28.5 Å². The summed E-state index contributed by atoms with van der Waals surface area (Å²) >= 11 is 3.07. The van der Waals surface area contributed by atoms with Crippen LogP contribution in [0.3, 0.4) is 0 Å². The lowest BCUT2D eigenvalue weighted by Gasteiger charge is -2.11. The molecule has 0 saturated heterocycles. The highest BCUT2D eigenvalue weighted by molar-refractivity contribution is 9.10. The van der Waals surface area contributed by atoms with Crippen molar-refractivity contribution in [2.75, 3.05) is 6.54 Å². The molecule has 3 nitrogen and oxygen atoms in total. The van der Waals surface area contributed by atoms with Crippen molar-refractivity contribution in [3.63, 3.8) is 0 Å². The second kappa shape index (κ2) is 6.62. The Hall–Kier alpha value is -1.34. The number of alkyl halides is 3. The van der Waals surface area contributed by atoms with E-state index in [0.29, 0.717) is 11.0 Å². The van der Waals surface area contributed by atoms with Gasteiger partial charge in [0.05, 0.1) is 5.56 Å². The van der Waals surface area contributed by atoms with E-state index in [9.17, 15) is 13.2 Å². The molecule has 2 N–H and O–H groups in total. The van der Waals surface area contributed by atoms with Crippen molar-refractivity contribution >= 4 is 15.9 Å². The van der Waals surface area contributed by atoms with Crippen LogP contribution in [0, 0.1) is 0 Å². The first-order valence-electron chi connectivity index (χ1n) is 6.53. The molecule has 0 amide bonds. The number of aromatic nitrogens is 2. The Morgan fingerprint density at radius 2 is 2.10 bits per heavy atom. The number of benzene rings is 1. The Bertz CT molecular complexity index is 608. The van der Waals surface area contributed by atoms with Crippen LogP contribution in [-0.4, -0.2) is 16.5 Å². The predicted molar refractivity (Wildman–Crippen MR) is 78.7 cm³/mol. The molecule has 1 aromatic heterocycles. The van der Waals surface area contributed by atoms with Crippen molar-refractivity contribution in [1.82, 2.24) is 15.3 Å². The zero-order valence-electron chi connectivity index (χ0n) is 11.4. The van der Waals surface area contributed by atoms with Gasteiger partial charge in [0.1, 0.15) is 5.82 Å². The zero-order chi connectivity index (χ0) is 15.5. The highest BCUT2D eigenvalue weighted by Gasteiger charge is 2.34. The van der Waals surface area contributed by atoms with E-state index in [0.717, 1.165) is 24.7 Å². The molecule has 21 heavy (non-hydrogen) atoms. The van der Waals surface area contributed by atoms with Gasteiger partial charge in [0.25, 0.3) is 0 Å². The number of imidazole rings is 1. The highest BCUT2D eigenvalue weighted by Crippen LogP contribution is 2.37. The molecule has 0 radical (unpaired) electrons. The Balaban J connectivity index is 2.30. The summed E-state index contributed by atoms with van der Waals surface area (Å²) < 4.78 is 39.7. The third-order valence-corrected chi connectivity index (χ3v) is 3.41. The lowest BCUT2D eigenvalue weighted by atomic mass is 10.1. The van der Waals surface area contributed by atoms with Crippen LogP contribution < -0.4 is 5.32 Å². The number of nitrogens with one attached hydrogen (secondary N) is 2. The Kier molecular flexibility index (Phi) is 5.05. The van der Waals surface area contributed by atoms with E-state index in [4.69, 9.17) is 0 Å². The van der Waals surface area contributed by atoms with Gasteiger partial charge in [-0.3, -0.25) is 0 Å². The second-order valence-electron chi connectivity index (χ2n) is 4.62. The molecule has 0 fully saturated rings. The number of hydrogen-bond acceptors (Lipinski definition) is 2. The molecule has 2 aromatic rings. The van der Waals surface area contributed by atoms with Crippen molar-refractivity contribution in [2.24, 2.45) is 0 Å². The topological polar surface area (TPSA) is 40.7 Å². The van der Waals surface area contributed by atoms with Crippen LogP contribution in [0.25, 0.3) is 11.4 Å². The van der Waals surface area contributed by atoms with Crippen molar-refractivity contribution < 1.29 is 13.2 Å². The molecule has 0 bridgehead atoms. The molecular weight excluding hydrogens is 347 g/mol. The standard InChI is InChI=1S/C14H15BrF3N3/c1-2-5-19-7-10-8-20-13(21-10)11-4-3-9(15)6-12(11)14(16,17)18/h3-4,6,8,19H,2,5,7H2,1H3,(H,20,21). The molecule has 0 unspecified atom stereocenters. The number of nitrogens with zero attached hydrogens (tertiary/aromatic N) is 1. The average molecular weight is 362 g/mol. The molecular formula is C14H15BrF3N3. The lowest BCUT2D eigenvalue weighted by molar-refractivity contribution is -0.137. The molecule has 0 atom stereocenters. The Morgan fingerprint density at radius 1 is 1.33 bits per heavy atom. The minimum atomic E-state index is -4.42. The van der Waals surface area contributed by atoms with Gasteiger partial charge < -0.3 is 10.3 Å². The first-order valence-corrected chi connectivity index (χ1v) is 7.33. The fraction of sp³-hybridized carbons (Fsp3) is 0.357. The van der Waals surface area contributed by atoms with E-state index in [-0.39, 0.29) is 11.4 Å². The summed E-state index contributed by atoms with van der Waals surface area (Å²) in [5.74, 6) is 0.225. The van der Waals surface area contributed by atoms with Crippen LogP contribution in [-0.2, 0) is 12.7 Å². The molecule has 0 aliphatic carbocycles. The van der Waals surface area contributed by atoms with Gasteiger partial charge in [-0.2, -0.15) is 13.2 Å². The summed E-state index contributed by atoms with van der Waals surface area (Å²) in [6.45, 7) is 3.45. The van der Waals surface area contributed by atoms with Crippen LogP contribution >= 0.6 is 15.9 Å². The fourth-order valence-electron chi connectivity index (χ4n) is 1.94. The summed E-state index contributed by atoms with van der Waals surface area (Å²) in [5, 5.41) is 3.17. The van der Waals surface area contributed by atoms with Crippen LogP contribution in [0.15, 0.2) is 28.9 Å². The van der Waals surface area contributed by atoms with E-state index in [1.54, 1.807) is 12.3 Å². The molecule has 0 spiro atoms. The van der Waals surface area contributed by atoms with Gasteiger partial charge in [0.2, 0.25) is 0 Å². The minimum absolute atomic E-state index is 0.0486. The van der Waals surface area contributed by atoms with Crippen molar-refractivity contribution in [3.05, 3.63) is 40.1 Å². The van der Waals surface area contributed by atoms with E-state index >= 15 is 0 Å². The molecule has 114 valence electrons. The van der Waals surface area contributed by atoms with Gasteiger partial charge in [0.15, 0.2) is 0 Å². The Labute approximate surface area is 129 Å². The van der Waals surface area contributed by atoms with Gasteiger partial charge in [-0.25, -0.2) is 4.98 Å². The first-order chi connectivity index (χ1) is 9.91. The third kappa shape index (κ3) is 4.07. The molecule has 1 aromatic carbocycles. The molecule has 0 aliphatic heterocycles. The number of halogens is 4. The normalized spacial score (nSPS) is 11.9. The van der Waals surface area contributed by atoms with Crippen molar-refractivity contribution in [1.29, 1.82) is 0 Å². The monoisotopic (exact) mass is 361 g/mol. The van der Waals surface area contributed by atoms with E-state index < -0.39 is 11.7 Å². The van der Waals surface area contributed by atoms with Crippen molar-refractivity contribution in [3.8, 4) is 11.4 Å². The van der Waals surface area contributed by atoms with E-state index in [1.165, 1.54) is 6.07 Å². The third-order valence-electron chi connectivity index (χ3n) is 2.91. The van der Waals surface area contributed by atoms with Crippen LogP contribution in [0.2, 0.25) is 0 Å². The van der Waals surface area contributed by atoms with E-state index in [2.05, 4.69) is 31.2 Å². The van der Waals surface area contributed by atoms with Crippen LogP contribution in [0.5, 0.6) is 0 Å². The lowest BCUT2D eigenvalue weighted by Crippen LogP contribution is -2.13. The van der Waals surface area contributed by atoms with Crippen LogP contribution in [0.1, 0.15) is 24.6 Å². The maximum Gasteiger partial charge on any atom is 0.417 e. The van der Waals surface area contributed by atoms with Gasteiger partial charge in [-0.15, -0.1) is 0 Å². The number of aromatic amines is 1. The van der Waals surface area contributed by atoms with E-state index in [1.807, 2.05) is 6.92 Å². The van der Waals surface area contributed by atoms with Gasteiger partial charge >= 0.3 is 6.18 Å². The second-order valence-corrected chi connectivity index (χ2v) is 5.54. The zero-order valence-corrected chi connectivity index (χ0v) is 13.0. The SMILES string of the molecule is CCCNCc1cnc(-c2ccc(Br)cc2C(F)(F)F)[nH]1. The molecule has 7 heteroatoms. The summed E-state index contributed by atoms with van der Waals surface area (Å²) in [5.41, 5.74) is 0.0984. The smallest absolute Gasteiger partial charge is 0.341 e. The first kappa shape index (κ1) is 16.0. The minimum Gasteiger partial charge on any atom is -0.341 e. The summed E-state index contributed by atoms with van der Waals surface area (Å²) in [7, 11) is 0. The van der Waals surface area contributed by atoms with Crippen molar-refractivity contribution in [2.45, 2.75) is 26.1 Å². The summed E-state index contributed by atoms with van der Waals surface area (Å²) in [6.07, 6.45) is -1.88. The molecule has 0 saturated carbocycles. The Morgan fingerprint density at radius 3 is 2.76 bits per heavy atom. The number of H-pyrrole nitrogens is 1. The number of rotatable bonds is 5. The summed E-state index contributed by atoms with van der Waals surface area (Å²) in [4.78, 5) is 6.99. The number of hydrogen-bond donors (Lipinski definition) is 2. The quantitative estimate of drug-likeness (QED) is 0.776. The fourth-order valence-corrected chi connectivity index (χ4v) is 2.30. The van der Waals surface area contributed by atoms with Gasteiger partial charge in [-0.05, 0) is 31.2 Å². The van der Waals surface area contributed by atoms with Crippen LogP contribution in [0.4, 0.5) is 13.2 Å². The highest BCUT2D eigenvalue weighted by atomic mass is 79.9. The maximum absolute atomic E-state index is 13.1. The van der Waals surface area contributed by atoms with Gasteiger partial charge in [-0.1, -0.05) is 22.9 Å². The predicted octanol–water partition coefficient (Wildman–Crippen LogP) is 4.36. The summed E-state index contributed by atoms with van der Waals surface area (Å²) in [6, 6.07) is 4.05. The largest absolute Gasteiger partial charge is 0.417 e. The molecule has 2 rings (SSSR count). The maximum atomic E-state index is 13.1. The average Bonchev–Trinajstić information content (AvgIpc) is 2.87.